The van der Waals surface area contributed by atoms with Gasteiger partial charge in [0.05, 0.1) is 12.8 Å². The van der Waals surface area contributed by atoms with Crippen LogP contribution >= 0.6 is 0 Å². The van der Waals surface area contributed by atoms with E-state index in [1.165, 1.54) is 12.0 Å². The maximum absolute atomic E-state index is 12.4. The zero-order valence-corrected chi connectivity index (χ0v) is 15.1. The van der Waals surface area contributed by atoms with Crippen LogP contribution < -0.4 is 10.1 Å². The maximum Gasteiger partial charge on any atom is 0.295 e. The molecule has 0 aliphatic heterocycles. The molecule has 2 amide bonds. The lowest BCUT2D eigenvalue weighted by molar-refractivity contribution is -0.130. The number of hydrogen-bond acceptors (Lipinski definition) is 4. The molecule has 0 heterocycles. The average Bonchev–Trinajstić information content (AvgIpc) is 2.66. The summed E-state index contributed by atoms with van der Waals surface area (Å²) in [6.45, 7) is 3.65. The van der Waals surface area contributed by atoms with Crippen LogP contribution in [0.15, 0.2) is 48.5 Å². The smallest absolute Gasteiger partial charge is 0.295 e. The van der Waals surface area contributed by atoms with Crippen molar-refractivity contribution in [3.05, 3.63) is 59.7 Å². The van der Waals surface area contributed by atoms with Crippen molar-refractivity contribution >= 4 is 23.3 Å². The summed E-state index contributed by atoms with van der Waals surface area (Å²) in [7, 11) is 1.51. The Bertz CT molecular complexity index is 800. The van der Waals surface area contributed by atoms with Crippen molar-refractivity contribution in [1.82, 2.24) is 4.90 Å². The highest BCUT2D eigenvalue weighted by Gasteiger charge is 2.24. The van der Waals surface area contributed by atoms with Gasteiger partial charge >= 0.3 is 0 Å². The first-order valence-corrected chi connectivity index (χ1v) is 8.29. The summed E-state index contributed by atoms with van der Waals surface area (Å²) in [4.78, 5) is 38.3. The van der Waals surface area contributed by atoms with E-state index in [0.717, 1.165) is 5.56 Å². The Morgan fingerprint density at radius 3 is 2.31 bits per heavy atom. The van der Waals surface area contributed by atoms with Gasteiger partial charge in [0.15, 0.2) is 0 Å². The van der Waals surface area contributed by atoms with E-state index in [0.29, 0.717) is 17.0 Å². The van der Waals surface area contributed by atoms with E-state index >= 15 is 0 Å². The Kier molecular flexibility index (Phi) is 6.49. The first-order chi connectivity index (χ1) is 12.5. The Labute approximate surface area is 152 Å². The Balaban J connectivity index is 2.05. The van der Waals surface area contributed by atoms with Crippen LogP contribution in [0.2, 0.25) is 0 Å². The van der Waals surface area contributed by atoms with Crippen molar-refractivity contribution in [3.63, 3.8) is 0 Å². The van der Waals surface area contributed by atoms with Gasteiger partial charge < -0.3 is 15.0 Å². The molecule has 6 heteroatoms. The quantitative estimate of drug-likeness (QED) is 0.613. The highest BCUT2D eigenvalue weighted by molar-refractivity contribution is 6.42. The average molecular weight is 354 g/mol. The molecule has 0 spiro atoms. The predicted octanol–water partition coefficient (Wildman–Crippen LogP) is 2.67. The van der Waals surface area contributed by atoms with Crippen LogP contribution in [-0.2, 0) is 9.59 Å². The van der Waals surface area contributed by atoms with E-state index in [9.17, 15) is 14.4 Å². The summed E-state index contributed by atoms with van der Waals surface area (Å²) in [6.07, 6.45) is 0. The van der Waals surface area contributed by atoms with Gasteiger partial charge in [-0.3, -0.25) is 14.4 Å². The summed E-state index contributed by atoms with van der Waals surface area (Å²) in [6, 6.07) is 13.7. The van der Waals surface area contributed by atoms with Gasteiger partial charge in [0.2, 0.25) is 11.7 Å². The van der Waals surface area contributed by atoms with Gasteiger partial charge in [-0.25, -0.2) is 0 Å². The molecule has 0 fully saturated rings. The van der Waals surface area contributed by atoms with Crippen LogP contribution in [0.3, 0.4) is 0 Å². The molecule has 0 aromatic heterocycles. The lowest BCUT2D eigenvalue weighted by Crippen LogP contribution is -2.41. The van der Waals surface area contributed by atoms with E-state index in [1.54, 1.807) is 55.5 Å². The molecular weight excluding hydrogens is 332 g/mol. The Hall–Kier alpha value is -3.15. The second-order valence-corrected chi connectivity index (χ2v) is 5.76. The van der Waals surface area contributed by atoms with E-state index in [2.05, 4.69) is 5.32 Å². The number of ketones is 1. The van der Waals surface area contributed by atoms with Gasteiger partial charge in [0, 0.05) is 12.1 Å². The number of benzene rings is 2. The summed E-state index contributed by atoms with van der Waals surface area (Å²) >= 11 is 0. The molecule has 0 atom stereocenters. The highest BCUT2D eigenvalue weighted by Crippen LogP contribution is 2.22. The van der Waals surface area contributed by atoms with Gasteiger partial charge in [-0.1, -0.05) is 42.0 Å². The third kappa shape index (κ3) is 4.69. The van der Waals surface area contributed by atoms with Crippen molar-refractivity contribution in [1.29, 1.82) is 0 Å². The summed E-state index contributed by atoms with van der Waals surface area (Å²) in [5.74, 6) is -1.21. The molecule has 0 bridgehead atoms. The minimum Gasteiger partial charge on any atom is -0.495 e. The van der Waals surface area contributed by atoms with Crippen molar-refractivity contribution in [2.24, 2.45) is 0 Å². The standard InChI is InChI=1S/C20H22N2O4/c1-4-22(20(25)19(24)15-11-9-14(2)10-12-15)13-18(23)21-16-7-5-6-8-17(16)26-3/h5-12H,4,13H2,1-3H3,(H,21,23). The molecule has 136 valence electrons. The fourth-order valence-corrected chi connectivity index (χ4v) is 2.41. The molecule has 1 N–H and O–H groups in total. The maximum atomic E-state index is 12.4. The molecule has 0 saturated carbocycles. The monoisotopic (exact) mass is 354 g/mol. The number of hydrogen-bond donors (Lipinski definition) is 1. The number of carbonyl (C=O) groups excluding carboxylic acids is 3. The topological polar surface area (TPSA) is 75.7 Å². The van der Waals surface area contributed by atoms with Crippen LogP contribution in [0.4, 0.5) is 5.69 Å². The van der Waals surface area contributed by atoms with Crippen molar-refractivity contribution in [2.45, 2.75) is 13.8 Å². The fraction of sp³-hybridized carbons (Fsp3) is 0.250. The number of methoxy groups -OCH3 is 1. The largest absolute Gasteiger partial charge is 0.495 e. The van der Waals surface area contributed by atoms with Crippen LogP contribution in [0.25, 0.3) is 0 Å². The number of para-hydroxylation sites is 2. The molecule has 6 nitrogen and oxygen atoms in total. The number of carbonyl (C=O) groups is 3. The van der Waals surface area contributed by atoms with Crippen LogP contribution in [0.1, 0.15) is 22.8 Å². The number of nitrogens with one attached hydrogen (secondary N) is 1. The van der Waals surface area contributed by atoms with Gasteiger partial charge in [-0.2, -0.15) is 0 Å². The zero-order chi connectivity index (χ0) is 19.1. The Morgan fingerprint density at radius 2 is 1.69 bits per heavy atom. The molecular formula is C20H22N2O4. The van der Waals surface area contributed by atoms with Gasteiger partial charge in [-0.15, -0.1) is 0 Å². The number of rotatable bonds is 7. The number of nitrogens with zero attached hydrogens (tertiary/aromatic N) is 1. The zero-order valence-electron chi connectivity index (χ0n) is 15.1. The number of amides is 2. The number of aryl methyl sites for hydroxylation is 1. The number of Topliss-reactive ketones (excluding diaryl/α,β-unsaturated/α-hetero) is 1. The van der Waals surface area contributed by atoms with Crippen LogP contribution in [0, 0.1) is 6.92 Å². The van der Waals surface area contributed by atoms with Crippen molar-refractivity contribution < 1.29 is 19.1 Å². The number of likely N-dealkylation sites (N-methyl/N-ethyl adjacent to an activating group) is 1. The molecule has 0 saturated heterocycles. The second-order valence-electron chi connectivity index (χ2n) is 5.76. The van der Waals surface area contributed by atoms with Crippen molar-refractivity contribution in [3.8, 4) is 5.75 Å². The minimum absolute atomic E-state index is 0.217. The van der Waals surface area contributed by atoms with E-state index in [1.807, 2.05) is 6.92 Å². The molecule has 2 rings (SSSR count). The first kappa shape index (κ1) is 19.2. The SMILES string of the molecule is CCN(CC(=O)Nc1ccccc1OC)C(=O)C(=O)c1ccc(C)cc1. The first-order valence-electron chi connectivity index (χ1n) is 8.29. The third-order valence-electron chi connectivity index (χ3n) is 3.89. The van der Waals surface area contributed by atoms with E-state index in [-0.39, 0.29) is 13.1 Å². The molecule has 0 radical (unpaired) electrons. The van der Waals surface area contributed by atoms with E-state index < -0.39 is 17.6 Å². The highest BCUT2D eigenvalue weighted by atomic mass is 16.5. The number of anilines is 1. The summed E-state index contributed by atoms with van der Waals surface area (Å²) in [5.41, 5.74) is 1.81. The molecule has 2 aromatic carbocycles. The molecule has 0 aliphatic carbocycles. The second kappa shape index (κ2) is 8.80. The van der Waals surface area contributed by atoms with Gasteiger partial charge in [-0.05, 0) is 26.0 Å². The number of ether oxygens (including phenoxy) is 1. The van der Waals surface area contributed by atoms with Crippen molar-refractivity contribution in [2.75, 3.05) is 25.5 Å². The van der Waals surface area contributed by atoms with Gasteiger partial charge in [0.25, 0.3) is 5.91 Å². The molecule has 0 unspecified atom stereocenters. The normalized spacial score (nSPS) is 10.1. The van der Waals surface area contributed by atoms with Gasteiger partial charge in [0.1, 0.15) is 12.3 Å². The lowest BCUT2D eigenvalue weighted by Gasteiger charge is -2.20. The molecule has 0 aliphatic rings. The predicted molar refractivity (Wildman–Crippen MR) is 99.4 cm³/mol. The minimum atomic E-state index is -0.702. The molecule has 26 heavy (non-hydrogen) atoms. The molecule has 2 aromatic rings. The third-order valence-corrected chi connectivity index (χ3v) is 3.89. The lowest BCUT2D eigenvalue weighted by atomic mass is 10.1. The summed E-state index contributed by atoms with van der Waals surface area (Å²) in [5, 5.41) is 2.70. The fourth-order valence-electron chi connectivity index (χ4n) is 2.41. The Morgan fingerprint density at radius 1 is 1.04 bits per heavy atom. The van der Waals surface area contributed by atoms with Crippen LogP contribution in [-0.4, -0.2) is 42.7 Å². The van der Waals surface area contributed by atoms with Crippen LogP contribution in [0.5, 0.6) is 5.75 Å². The van der Waals surface area contributed by atoms with E-state index in [4.69, 9.17) is 4.74 Å². The summed E-state index contributed by atoms with van der Waals surface area (Å²) < 4.78 is 5.18.